The molecule has 10 heteroatoms. The van der Waals surface area contributed by atoms with Crippen molar-refractivity contribution in [3.63, 3.8) is 0 Å². The number of halogens is 1. The number of hydrogen-bond donors (Lipinski definition) is 0. The van der Waals surface area contributed by atoms with Gasteiger partial charge in [-0.15, -0.1) is 0 Å². The molecule has 2 aliphatic carbocycles. The topological polar surface area (TPSA) is 91.0 Å². The lowest BCUT2D eigenvalue weighted by Crippen LogP contribution is -2.36. The fourth-order valence-corrected chi connectivity index (χ4v) is 7.12. The number of nitrogens with zero attached hydrogens (tertiary/aromatic N) is 5. The summed E-state index contributed by atoms with van der Waals surface area (Å²) in [5, 5.41) is 1.15. The minimum absolute atomic E-state index is 0.0305. The number of methoxy groups -OCH3 is 1. The quantitative estimate of drug-likeness (QED) is 0.150. The van der Waals surface area contributed by atoms with Crippen molar-refractivity contribution in [2.24, 2.45) is 0 Å². The molecule has 6 aromatic rings. The fraction of sp³-hybridized carbons (Fsp3) is 0.317. The van der Waals surface area contributed by atoms with Crippen LogP contribution in [0.15, 0.2) is 96.1 Å². The van der Waals surface area contributed by atoms with Gasteiger partial charge >= 0.3 is 6.09 Å². The normalized spacial score (nSPS) is 17.1. The number of carbonyl (C=O) groups excluding carboxylic acids is 1. The molecule has 0 bridgehead atoms. The van der Waals surface area contributed by atoms with Gasteiger partial charge in [-0.3, -0.25) is 9.69 Å². The summed E-state index contributed by atoms with van der Waals surface area (Å²) in [5.41, 5.74) is 5.25. The highest BCUT2D eigenvalue weighted by Gasteiger charge is 2.43. The first kappa shape index (κ1) is 33.0. The summed E-state index contributed by atoms with van der Waals surface area (Å²) >= 11 is 6.36. The molecule has 260 valence electrons. The number of aromatic nitrogens is 4. The van der Waals surface area contributed by atoms with Crippen LogP contribution >= 0.6 is 11.6 Å². The van der Waals surface area contributed by atoms with Gasteiger partial charge in [-0.25, -0.2) is 9.78 Å². The number of ether oxygens (including phenoxy) is 2. The average Bonchev–Trinajstić information content (AvgIpc) is 4.04. The van der Waals surface area contributed by atoms with Crippen molar-refractivity contribution in [3.8, 4) is 5.75 Å². The lowest BCUT2D eigenvalue weighted by molar-refractivity contribution is 0.0577. The van der Waals surface area contributed by atoms with E-state index in [2.05, 4.69) is 22.9 Å². The van der Waals surface area contributed by atoms with Crippen molar-refractivity contribution in [1.82, 2.24) is 18.9 Å². The van der Waals surface area contributed by atoms with Gasteiger partial charge in [-0.05, 0) is 117 Å². The maximum absolute atomic E-state index is 13.9. The molecule has 2 saturated carbocycles. The number of carbonyl (C=O) groups is 1. The first-order chi connectivity index (χ1) is 24.5. The lowest BCUT2D eigenvalue weighted by atomic mass is 10.1. The molecule has 2 atom stereocenters. The standard InChI is InChI=1S/C41H40ClN5O4/c1-41(2,3)51-40(49)46(24-30-23-45-22-28(26-10-11-26)12-17-37(45)43-30)31-13-16-33-36(19-31)47(21-25-8-14-32(50-4)15-9-25)38(44-39(33)48)35-20-34(35)27-6-5-7-29(42)18-27/h5-9,12-19,22-23,26,34-35H,10-11,20-21,24H2,1-4H3/t34-,35+/m1/s1. The van der Waals surface area contributed by atoms with Crippen molar-refractivity contribution in [1.29, 1.82) is 0 Å². The number of pyridine rings is 1. The van der Waals surface area contributed by atoms with Crippen LogP contribution in [0, 0.1) is 0 Å². The fourth-order valence-electron chi connectivity index (χ4n) is 6.93. The van der Waals surface area contributed by atoms with Crippen LogP contribution in [0.4, 0.5) is 10.5 Å². The molecule has 0 N–H and O–H groups in total. The second-order valence-corrected chi connectivity index (χ2v) is 15.2. The average molecular weight is 702 g/mol. The minimum Gasteiger partial charge on any atom is -0.497 e. The Bertz CT molecular complexity index is 2340. The van der Waals surface area contributed by atoms with Gasteiger partial charge in [0.1, 0.15) is 22.8 Å². The van der Waals surface area contributed by atoms with Crippen LogP contribution in [0.1, 0.15) is 86.0 Å². The highest BCUT2D eigenvalue weighted by atomic mass is 35.5. The van der Waals surface area contributed by atoms with E-state index in [1.165, 1.54) is 18.4 Å². The lowest BCUT2D eigenvalue weighted by Gasteiger charge is -2.27. The van der Waals surface area contributed by atoms with Gasteiger partial charge in [-0.1, -0.05) is 41.9 Å². The SMILES string of the molecule is COc1ccc(Cn2c([C@H]3C[C@@H]3c3cccc(Cl)c3)nc(=O)c3ccc(N(Cc4cn5cc(C6CC6)ccc5n4)C(=O)OC(C)(C)C)cc32)cc1. The van der Waals surface area contributed by atoms with Crippen molar-refractivity contribution in [2.75, 3.05) is 12.0 Å². The number of fused-ring (bicyclic) bond motifs is 2. The van der Waals surface area contributed by atoms with E-state index in [1.54, 1.807) is 24.1 Å². The van der Waals surface area contributed by atoms with Crippen LogP contribution in [0.5, 0.6) is 5.75 Å². The van der Waals surface area contributed by atoms with E-state index >= 15 is 0 Å². The van der Waals surface area contributed by atoms with E-state index in [0.29, 0.717) is 39.9 Å². The molecule has 0 radical (unpaired) electrons. The van der Waals surface area contributed by atoms with Crippen molar-refractivity contribution >= 4 is 39.9 Å². The number of benzene rings is 3. The Hall–Kier alpha value is -5.15. The molecule has 2 aliphatic rings. The van der Waals surface area contributed by atoms with Crippen LogP contribution in [0.25, 0.3) is 16.6 Å². The molecule has 3 heterocycles. The van der Waals surface area contributed by atoms with Gasteiger partial charge in [0.05, 0.1) is 30.3 Å². The Kier molecular flexibility index (Phi) is 8.33. The Balaban J connectivity index is 1.23. The smallest absolute Gasteiger partial charge is 0.415 e. The Morgan fingerprint density at radius 3 is 2.47 bits per heavy atom. The third-order valence-electron chi connectivity index (χ3n) is 9.71. The zero-order valence-electron chi connectivity index (χ0n) is 29.2. The van der Waals surface area contributed by atoms with Crippen LogP contribution in [0.2, 0.25) is 5.02 Å². The highest BCUT2D eigenvalue weighted by Crippen LogP contribution is 2.54. The van der Waals surface area contributed by atoms with Gasteiger partial charge < -0.3 is 18.4 Å². The van der Waals surface area contributed by atoms with Crippen LogP contribution in [-0.2, 0) is 17.8 Å². The zero-order chi connectivity index (χ0) is 35.4. The predicted molar refractivity (Wildman–Crippen MR) is 199 cm³/mol. The Morgan fingerprint density at radius 2 is 1.75 bits per heavy atom. The van der Waals surface area contributed by atoms with Crippen LogP contribution < -0.4 is 15.2 Å². The van der Waals surface area contributed by atoms with E-state index in [9.17, 15) is 9.59 Å². The molecule has 3 aromatic heterocycles. The summed E-state index contributed by atoms with van der Waals surface area (Å²) in [6.07, 6.45) is 6.89. The number of hydrogen-bond acceptors (Lipinski definition) is 6. The molecule has 0 spiro atoms. The number of rotatable bonds is 9. The predicted octanol–water partition coefficient (Wildman–Crippen LogP) is 8.84. The maximum atomic E-state index is 13.9. The maximum Gasteiger partial charge on any atom is 0.415 e. The van der Waals surface area contributed by atoms with Crippen molar-refractivity contribution < 1.29 is 14.3 Å². The van der Waals surface area contributed by atoms with Crippen LogP contribution in [0.3, 0.4) is 0 Å². The summed E-state index contributed by atoms with van der Waals surface area (Å²) in [6.45, 7) is 6.20. The largest absolute Gasteiger partial charge is 0.497 e. The number of imidazole rings is 1. The van der Waals surface area contributed by atoms with Crippen molar-refractivity contribution in [2.45, 2.75) is 76.5 Å². The molecule has 3 aromatic carbocycles. The van der Waals surface area contributed by atoms with Crippen molar-refractivity contribution in [3.05, 3.63) is 135 Å². The third-order valence-corrected chi connectivity index (χ3v) is 9.95. The molecule has 2 fully saturated rings. The number of amides is 1. The monoisotopic (exact) mass is 701 g/mol. The molecule has 0 aliphatic heterocycles. The molecule has 0 unspecified atom stereocenters. The van der Waals surface area contributed by atoms with E-state index in [1.807, 2.05) is 86.0 Å². The zero-order valence-corrected chi connectivity index (χ0v) is 29.9. The first-order valence-corrected chi connectivity index (χ1v) is 17.8. The van der Waals surface area contributed by atoms with E-state index in [0.717, 1.165) is 34.6 Å². The summed E-state index contributed by atoms with van der Waals surface area (Å²) in [5.74, 6) is 2.30. The van der Waals surface area contributed by atoms with E-state index < -0.39 is 11.7 Å². The van der Waals surface area contributed by atoms with Gasteiger partial charge in [0.2, 0.25) is 0 Å². The second kappa shape index (κ2) is 12.9. The summed E-state index contributed by atoms with van der Waals surface area (Å²) in [7, 11) is 1.64. The Morgan fingerprint density at radius 1 is 0.941 bits per heavy atom. The number of anilines is 1. The third kappa shape index (κ3) is 6.95. The van der Waals surface area contributed by atoms with Gasteiger partial charge in [0.15, 0.2) is 0 Å². The molecule has 1 amide bonds. The van der Waals surface area contributed by atoms with E-state index in [4.69, 9.17) is 31.0 Å². The molecule has 8 rings (SSSR count). The summed E-state index contributed by atoms with van der Waals surface area (Å²) < 4.78 is 15.5. The Labute approximate surface area is 301 Å². The first-order valence-electron chi connectivity index (χ1n) is 17.4. The molecule has 0 saturated heterocycles. The van der Waals surface area contributed by atoms with Gasteiger partial charge in [0, 0.05) is 35.6 Å². The summed E-state index contributed by atoms with van der Waals surface area (Å²) in [4.78, 5) is 38.8. The van der Waals surface area contributed by atoms with Gasteiger partial charge in [0.25, 0.3) is 5.56 Å². The molecule has 9 nitrogen and oxygen atoms in total. The van der Waals surface area contributed by atoms with Gasteiger partial charge in [-0.2, -0.15) is 4.98 Å². The second-order valence-electron chi connectivity index (χ2n) is 14.7. The van der Waals surface area contributed by atoms with Crippen LogP contribution in [-0.4, -0.2) is 37.7 Å². The van der Waals surface area contributed by atoms with E-state index in [-0.39, 0.29) is 23.9 Å². The molecule has 51 heavy (non-hydrogen) atoms. The summed E-state index contributed by atoms with van der Waals surface area (Å²) in [6, 6.07) is 25.4. The highest BCUT2D eigenvalue weighted by molar-refractivity contribution is 6.30. The minimum atomic E-state index is -0.723. The molecular formula is C41H40ClN5O4. The molecular weight excluding hydrogens is 662 g/mol.